The van der Waals surface area contributed by atoms with Crippen LogP contribution in [-0.4, -0.2) is 0 Å². The maximum Gasteiger partial charge on any atom is 0.0998 e. The second kappa shape index (κ2) is 8.29. The quantitative estimate of drug-likeness (QED) is 0.447. The van der Waals surface area contributed by atoms with Gasteiger partial charge in [0.25, 0.3) is 0 Å². The van der Waals surface area contributed by atoms with E-state index in [1.165, 1.54) is 0 Å². The fourth-order valence-corrected chi connectivity index (χ4v) is 2.62. The van der Waals surface area contributed by atoms with Crippen LogP contribution < -0.4 is 0 Å². The number of allylic oxidation sites excluding steroid dienone is 2. The number of benzene rings is 3. The molecule has 26 heavy (non-hydrogen) atoms. The molecule has 0 bridgehead atoms. The van der Waals surface area contributed by atoms with Crippen LogP contribution in [0.15, 0.2) is 84.9 Å². The van der Waals surface area contributed by atoms with Gasteiger partial charge in [0.05, 0.1) is 23.3 Å². The van der Waals surface area contributed by atoms with Gasteiger partial charge in [-0.25, -0.2) is 0 Å². The Bertz CT molecular complexity index is 927. The van der Waals surface area contributed by atoms with Crippen LogP contribution in [0, 0.1) is 22.7 Å². The minimum atomic E-state index is 0.621. The van der Waals surface area contributed by atoms with Crippen molar-refractivity contribution in [2.24, 2.45) is 0 Å². The molecule has 0 fully saturated rings. The van der Waals surface area contributed by atoms with Crippen molar-refractivity contribution in [2.45, 2.75) is 0 Å². The summed E-state index contributed by atoms with van der Waals surface area (Å²) in [7, 11) is 0. The van der Waals surface area contributed by atoms with E-state index in [0.717, 1.165) is 22.3 Å². The average molecular weight is 332 g/mol. The highest BCUT2D eigenvalue weighted by molar-refractivity contribution is 5.91. The molecule has 0 saturated heterocycles. The number of nitrogens with zero attached hydrogens (tertiary/aromatic N) is 2. The number of hydrogen-bond donors (Lipinski definition) is 0. The molecule has 0 aliphatic rings. The molecule has 0 aromatic heterocycles. The van der Waals surface area contributed by atoms with E-state index < -0.39 is 0 Å². The van der Waals surface area contributed by atoms with Crippen LogP contribution in [-0.2, 0) is 0 Å². The van der Waals surface area contributed by atoms with E-state index >= 15 is 0 Å². The van der Waals surface area contributed by atoms with Gasteiger partial charge in [0.2, 0.25) is 0 Å². The lowest BCUT2D eigenvalue weighted by molar-refractivity contribution is 1.52. The van der Waals surface area contributed by atoms with Crippen molar-refractivity contribution in [3.63, 3.8) is 0 Å². The van der Waals surface area contributed by atoms with E-state index in [1.54, 1.807) is 0 Å². The summed E-state index contributed by atoms with van der Waals surface area (Å²) in [5.74, 6) is 0. The minimum absolute atomic E-state index is 0.621. The molecule has 0 saturated carbocycles. The third-order valence-corrected chi connectivity index (χ3v) is 3.97. The van der Waals surface area contributed by atoms with Crippen molar-refractivity contribution < 1.29 is 0 Å². The van der Waals surface area contributed by atoms with Crippen LogP contribution in [0.3, 0.4) is 0 Å². The van der Waals surface area contributed by atoms with E-state index in [2.05, 4.69) is 12.1 Å². The molecule has 2 nitrogen and oxygen atoms in total. The molecule has 0 unspecified atom stereocenters. The zero-order valence-electron chi connectivity index (χ0n) is 14.1. The van der Waals surface area contributed by atoms with Crippen LogP contribution in [0.4, 0.5) is 0 Å². The first-order valence-electron chi connectivity index (χ1n) is 8.24. The summed E-state index contributed by atoms with van der Waals surface area (Å²) >= 11 is 0. The summed E-state index contributed by atoms with van der Waals surface area (Å²) in [4.78, 5) is 0. The first kappa shape index (κ1) is 17.0. The molecule has 3 rings (SSSR count). The zero-order valence-corrected chi connectivity index (χ0v) is 14.1. The Morgan fingerprint density at radius 1 is 0.538 bits per heavy atom. The van der Waals surface area contributed by atoms with Gasteiger partial charge < -0.3 is 0 Å². The van der Waals surface area contributed by atoms with Gasteiger partial charge in [0.1, 0.15) is 0 Å². The molecule has 0 N–H and O–H groups in total. The van der Waals surface area contributed by atoms with E-state index in [4.69, 9.17) is 0 Å². The maximum absolute atomic E-state index is 9.41. The van der Waals surface area contributed by atoms with Gasteiger partial charge in [0, 0.05) is 0 Å². The summed E-state index contributed by atoms with van der Waals surface area (Å²) in [6.45, 7) is 0. The number of nitriles is 2. The van der Waals surface area contributed by atoms with Crippen LogP contribution in [0.25, 0.3) is 23.3 Å². The highest BCUT2D eigenvalue weighted by Gasteiger charge is 2.02. The molecule has 0 radical (unpaired) electrons. The molecule has 2 heteroatoms. The monoisotopic (exact) mass is 332 g/mol. The minimum Gasteiger partial charge on any atom is -0.192 e. The van der Waals surface area contributed by atoms with E-state index in [1.807, 2.05) is 97.1 Å². The summed E-state index contributed by atoms with van der Waals surface area (Å²) in [5, 5.41) is 18.8. The molecule has 3 aromatic rings. The fraction of sp³-hybridized carbons (Fsp3) is 0. The molecular weight excluding hydrogens is 316 g/mol. The van der Waals surface area contributed by atoms with Gasteiger partial charge in [-0.05, 0) is 34.4 Å². The summed E-state index contributed by atoms with van der Waals surface area (Å²) < 4.78 is 0. The fourth-order valence-electron chi connectivity index (χ4n) is 2.62. The predicted molar refractivity (Wildman–Crippen MR) is 106 cm³/mol. The van der Waals surface area contributed by atoms with Gasteiger partial charge >= 0.3 is 0 Å². The van der Waals surface area contributed by atoms with Crippen LogP contribution in [0.5, 0.6) is 0 Å². The van der Waals surface area contributed by atoms with Gasteiger partial charge in [-0.15, -0.1) is 0 Å². The maximum atomic E-state index is 9.41. The van der Waals surface area contributed by atoms with Gasteiger partial charge in [-0.1, -0.05) is 84.9 Å². The molecule has 0 aliphatic carbocycles. The van der Waals surface area contributed by atoms with Crippen molar-refractivity contribution in [3.05, 3.63) is 107 Å². The Morgan fingerprint density at radius 3 is 1.19 bits per heavy atom. The molecule has 122 valence electrons. The highest BCUT2D eigenvalue weighted by atomic mass is 14.3. The first-order valence-corrected chi connectivity index (χ1v) is 8.24. The lowest BCUT2D eigenvalue weighted by Gasteiger charge is -2.02. The Morgan fingerprint density at radius 2 is 0.885 bits per heavy atom. The van der Waals surface area contributed by atoms with E-state index in [9.17, 15) is 10.5 Å². The Kier molecular flexibility index (Phi) is 5.41. The molecule has 0 aliphatic heterocycles. The Hall–Kier alpha value is -3.88. The zero-order chi connectivity index (χ0) is 18.2. The van der Waals surface area contributed by atoms with Crippen LogP contribution >= 0.6 is 0 Å². The van der Waals surface area contributed by atoms with Crippen molar-refractivity contribution in [1.82, 2.24) is 0 Å². The highest BCUT2D eigenvalue weighted by Crippen LogP contribution is 2.20. The number of rotatable bonds is 4. The predicted octanol–water partition coefficient (Wildman–Crippen LogP) is 5.81. The van der Waals surface area contributed by atoms with Crippen molar-refractivity contribution >= 4 is 23.3 Å². The average Bonchev–Trinajstić information content (AvgIpc) is 2.72. The topological polar surface area (TPSA) is 47.6 Å². The largest absolute Gasteiger partial charge is 0.192 e. The van der Waals surface area contributed by atoms with E-state index in [0.29, 0.717) is 11.1 Å². The van der Waals surface area contributed by atoms with Crippen molar-refractivity contribution in [2.75, 3.05) is 0 Å². The molecule has 0 spiro atoms. The molecule has 0 amide bonds. The van der Waals surface area contributed by atoms with Crippen LogP contribution in [0.2, 0.25) is 0 Å². The van der Waals surface area contributed by atoms with Gasteiger partial charge in [-0.2, -0.15) is 10.5 Å². The Balaban J connectivity index is 1.87. The number of hydrogen-bond acceptors (Lipinski definition) is 2. The smallest absolute Gasteiger partial charge is 0.0998 e. The third kappa shape index (κ3) is 4.15. The van der Waals surface area contributed by atoms with E-state index in [-0.39, 0.29) is 0 Å². The molecule has 0 heterocycles. The first-order chi connectivity index (χ1) is 12.8. The molecule has 3 aromatic carbocycles. The third-order valence-electron chi connectivity index (χ3n) is 3.97. The standard InChI is InChI=1S/C24H16N2/c25-17-23(21-7-3-1-4-8-21)15-19-11-13-20(14-12-19)16-24(18-26)22-9-5-2-6-10-22/h1-16H/b23-15-,24-16+. The van der Waals surface area contributed by atoms with Crippen LogP contribution in [0.1, 0.15) is 22.3 Å². The second-order valence-corrected chi connectivity index (χ2v) is 5.74. The van der Waals surface area contributed by atoms with Gasteiger partial charge in [-0.3, -0.25) is 0 Å². The lowest BCUT2D eigenvalue weighted by atomic mass is 10.0. The lowest BCUT2D eigenvalue weighted by Crippen LogP contribution is -1.83. The second-order valence-electron chi connectivity index (χ2n) is 5.74. The summed E-state index contributed by atoms with van der Waals surface area (Å²) in [6.07, 6.45) is 3.73. The Labute approximate surface area is 153 Å². The molecular formula is C24H16N2. The summed E-state index contributed by atoms with van der Waals surface area (Å²) in [6, 6.07) is 31.5. The summed E-state index contributed by atoms with van der Waals surface area (Å²) in [5.41, 5.74) is 4.93. The molecule has 0 atom stereocenters. The van der Waals surface area contributed by atoms with Crippen molar-refractivity contribution in [3.8, 4) is 12.1 Å². The normalized spacial score (nSPS) is 11.5. The SMILES string of the molecule is N#C/C(=C\c1ccc(/C=C(/C#N)c2ccccc2)cc1)c1ccccc1. The van der Waals surface area contributed by atoms with Crippen molar-refractivity contribution in [1.29, 1.82) is 10.5 Å². The van der Waals surface area contributed by atoms with Gasteiger partial charge in [0.15, 0.2) is 0 Å².